The van der Waals surface area contributed by atoms with Crippen LogP contribution in [0.4, 0.5) is 17.1 Å². The summed E-state index contributed by atoms with van der Waals surface area (Å²) in [6.07, 6.45) is 5.81. The van der Waals surface area contributed by atoms with E-state index in [0.717, 1.165) is 66.4 Å². The summed E-state index contributed by atoms with van der Waals surface area (Å²) in [6, 6.07) is 4.72. The molecule has 0 spiro atoms. The second-order valence-electron chi connectivity index (χ2n) is 9.17. The van der Waals surface area contributed by atoms with Crippen molar-refractivity contribution in [2.24, 2.45) is 11.1 Å². The van der Waals surface area contributed by atoms with E-state index in [1.54, 1.807) is 7.11 Å². The molecule has 1 aromatic rings. The highest BCUT2D eigenvalue weighted by Crippen LogP contribution is 2.44. The maximum atomic E-state index is 12.5. The van der Waals surface area contributed by atoms with Crippen LogP contribution in [0.2, 0.25) is 0 Å². The molecule has 4 aliphatic rings. The van der Waals surface area contributed by atoms with Crippen LogP contribution in [0.1, 0.15) is 38.7 Å². The zero-order valence-electron chi connectivity index (χ0n) is 19.6. The molecule has 1 aromatic carbocycles. The summed E-state index contributed by atoms with van der Waals surface area (Å²) >= 11 is 1.95. The molecule has 1 saturated carbocycles. The minimum atomic E-state index is -0.235. The van der Waals surface area contributed by atoms with Crippen LogP contribution in [0.25, 0.3) is 0 Å². The molecular formula is C25H32N4O3S. The van der Waals surface area contributed by atoms with Gasteiger partial charge in [-0.15, -0.1) is 11.8 Å². The van der Waals surface area contributed by atoms with Gasteiger partial charge in [0.2, 0.25) is 0 Å². The van der Waals surface area contributed by atoms with Crippen molar-refractivity contribution >= 4 is 40.5 Å². The second-order valence-corrected chi connectivity index (χ2v) is 10.3. The predicted octanol–water partition coefficient (Wildman–Crippen LogP) is 4.09. The van der Waals surface area contributed by atoms with Gasteiger partial charge in [-0.05, 0) is 48.8 Å². The zero-order chi connectivity index (χ0) is 23.1. The van der Waals surface area contributed by atoms with Gasteiger partial charge in [0.15, 0.2) is 0 Å². The quantitative estimate of drug-likeness (QED) is 0.396. The first-order chi connectivity index (χ1) is 16.0. The SMILES string of the molecule is CCOC(=O)C1=CN(C2CC2)c2cc(N3CCC4=C(C3)/C(=N\OC)C(C)CS4)c(N)cc2C1. The second kappa shape index (κ2) is 8.97. The number of nitrogens with two attached hydrogens (primary N) is 1. The molecule has 1 atom stereocenters. The normalized spacial score (nSPS) is 23.8. The van der Waals surface area contributed by atoms with Gasteiger partial charge in [0.1, 0.15) is 7.11 Å². The maximum Gasteiger partial charge on any atom is 0.335 e. The van der Waals surface area contributed by atoms with Gasteiger partial charge in [-0.1, -0.05) is 12.1 Å². The number of fused-ring (bicyclic) bond motifs is 1. The lowest BCUT2D eigenvalue weighted by atomic mass is 9.94. The summed E-state index contributed by atoms with van der Waals surface area (Å²) in [5, 5.41) is 4.38. The van der Waals surface area contributed by atoms with Crippen molar-refractivity contribution in [1.82, 2.24) is 0 Å². The molecule has 5 rings (SSSR count). The van der Waals surface area contributed by atoms with E-state index in [0.29, 0.717) is 30.6 Å². The molecule has 1 fully saturated rings. The Hall–Kier alpha value is -2.61. The number of hydrogen-bond donors (Lipinski definition) is 1. The molecule has 1 unspecified atom stereocenters. The van der Waals surface area contributed by atoms with E-state index in [2.05, 4.69) is 34.0 Å². The van der Waals surface area contributed by atoms with Gasteiger partial charge >= 0.3 is 5.97 Å². The number of ether oxygens (including phenoxy) is 1. The van der Waals surface area contributed by atoms with Gasteiger partial charge < -0.3 is 25.1 Å². The molecule has 0 amide bonds. The molecule has 0 radical (unpaired) electrons. The highest BCUT2D eigenvalue weighted by atomic mass is 32.2. The van der Waals surface area contributed by atoms with Crippen LogP contribution < -0.4 is 15.5 Å². The number of nitrogen functional groups attached to an aromatic ring is 1. The van der Waals surface area contributed by atoms with Crippen LogP contribution >= 0.6 is 11.8 Å². The number of anilines is 3. The highest BCUT2D eigenvalue weighted by molar-refractivity contribution is 8.03. The Morgan fingerprint density at radius 3 is 2.85 bits per heavy atom. The van der Waals surface area contributed by atoms with Crippen molar-refractivity contribution in [2.75, 3.05) is 48.1 Å². The molecule has 7 nitrogen and oxygen atoms in total. The molecule has 0 saturated heterocycles. The number of rotatable bonds is 5. The molecule has 33 heavy (non-hydrogen) atoms. The van der Waals surface area contributed by atoms with E-state index in [4.69, 9.17) is 15.3 Å². The fraction of sp³-hybridized carbons (Fsp3) is 0.520. The van der Waals surface area contributed by atoms with E-state index < -0.39 is 0 Å². The van der Waals surface area contributed by atoms with Crippen molar-refractivity contribution in [3.8, 4) is 0 Å². The van der Waals surface area contributed by atoms with E-state index in [9.17, 15) is 4.79 Å². The standard InChI is InChI=1S/C25H32N4O3S/c1-4-32-25(30)17-9-16-10-20(26)22(11-21(16)29(12-17)18-5-6-18)28-8-7-23-19(13-28)24(27-31-3)15(2)14-33-23/h10-12,15,18H,4-9,13-14,26H2,1-3H3/b27-24-. The van der Waals surface area contributed by atoms with E-state index in [1.165, 1.54) is 10.5 Å². The van der Waals surface area contributed by atoms with E-state index in [-0.39, 0.29) is 5.97 Å². The minimum absolute atomic E-state index is 0.235. The molecule has 3 heterocycles. The summed E-state index contributed by atoms with van der Waals surface area (Å²) in [5.74, 6) is 1.18. The van der Waals surface area contributed by atoms with Crippen LogP contribution in [-0.4, -0.2) is 50.3 Å². The Kier molecular flexibility index (Phi) is 6.03. The average molecular weight is 469 g/mol. The lowest BCUT2D eigenvalue weighted by Gasteiger charge is -2.38. The monoisotopic (exact) mass is 468 g/mol. The summed E-state index contributed by atoms with van der Waals surface area (Å²) < 4.78 is 5.28. The third kappa shape index (κ3) is 4.21. The van der Waals surface area contributed by atoms with Gasteiger partial charge in [-0.2, -0.15) is 0 Å². The molecule has 1 aliphatic carbocycles. The topological polar surface area (TPSA) is 80.4 Å². The molecule has 176 valence electrons. The molecule has 0 bridgehead atoms. The first-order valence-corrected chi connectivity index (χ1v) is 12.8. The fourth-order valence-corrected chi connectivity index (χ4v) is 6.16. The number of hydrogen-bond acceptors (Lipinski definition) is 8. The number of thioether (sulfide) groups is 1. The Morgan fingerprint density at radius 1 is 1.30 bits per heavy atom. The van der Waals surface area contributed by atoms with Crippen LogP contribution in [0.15, 0.2) is 39.5 Å². The summed E-state index contributed by atoms with van der Waals surface area (Å²) in [7, 11) is 1.62. The molecule has 2 N–H and O–H groups in total. The Labute approximate surface area is 199 Å². The van der Waals surface area contributed by atoms with Gasteiger partial charge in [-0.3, -0.25) is 0 Å². The Morgan fingerprint density at radius 2 is 2.12 bits per heavy atom. The van der Waals surface area contributed by atoms with Crippen molar-refractivity contribution in [1.29, 1.82) is 0 Å². The molecule has 8 heteroatoms. The lowest BCUT2D eigenvalue weighted by Crippen LogP contribution is -2.38. The smallest absolute Gasteiger partial charge is 0.335 e. The van der Waals surface area contributed by atoms with Crippen molar-refractivity contribution < 1.29 is 14.4 Å². The number of carbonyl (C=O) groups excluding carboxylic acids is 1. The van der Waals surface area contributed by atoms with Crippen LogP contribution in [0.3, 0.4) is 0 Å². The number of benzene rings is 1. The van der Waals surface area contributed by atoms with Crippen molar-refractivity contribution in [3.05, 3.63) is 39.9 Å². The molecular weight excluding hydrogens is 436 g/mol. The fourth-order valence-electron chi connectivity index (χ4n) is 4.97. The van der Waals surface area contributed by atoms with E-state index >= 15 is 0 Å². The summed E-state index contributed by atoms with van der Waals surface area (Å²) in [5.41, 5.74) is 13.7. The van der Waals surface area contributed by atoms with Gasteiger partial charge in [-0.25, -0.2) is 4.79 Å². The number of oxime groups is 1. The van der Waals surface area contributed by atoms with Gasteiger partial charge in [0.05, 0.1) is 29.3 Å². The summed E-state index contributed by atoms with van der Waals surface area (Å²) in [4.78, 5) is 23.7. The van der Waals surface area contributed by atoms with Crippen molar-refractivity contribution in [3.63, 3.8) is 0 Å². The lowest BCUT2D eigenvalue weighted by molar-refractivity contribution is -0.138. The van der Waals surface area contributed by atoms with Crippen LogP contribution in [-0.2, 0) is 20.8 Å². The third-order valence-electron chi connectivity index (χ3n) is 6.77. The first kappa shape index (κ1) is 22.2. The molecule has 3 aliphatic heterocycles. The van der Waals surface area contributed by atoms with Crippen LogP contribution in [0.5, 0.6) is 0 Å². The first-order valence-electron chi connectivity index (χ1n) is 11.8. The van der Waals surface area contributed by atoms with Crippen molar-refractivity contribution in [2.45, 2.75) is 45.6 Å². The summed E-state index contributed by atoms with van der Waals surface area (Å²) in [6.45, 7) is 6.14. The molecule has 0 aromatic heterocycles. The number of carbonyl (C=O) groups is 1. The number of esters is 1. The predicted molar refractivity (Wildman–Crippen MR) is 135 cm³/mol. The van der Waals surface area contributed by atoms with Gasteiger partial charge in [0, 0.05) is 54.7 Å². The van der Waals surface area contributed by atoms with Gasteiger partial charge in [0.25, 0.3) is 0 Å². The zero-order valence-corrected chi connectivity index (χ0v) is 20.4. The maximum absolute atomic E-state index is 12.5. The largest absolute Gasteiger partial charge is 0.463 e. The minimum Gasteiger partial charge on any atom is -0.463 e. The third-order valence-corrected chi connectivity index (χ3v) is 8.23. The Bertz CT molecular complexity index is 1060. The van der Waals surface area contributed by atoms with E-state index in [1.807, 2.05) is 24.9 Å². The number of nitrogens with zero attached hydrogens (tertiary/aromatic N) is 3. The average Bonchev–Trinajstić information content (AvgIpc) is 3.65. The van der Waals surface area contributed by atoms with Crippen LogP contribution in [0, 0.1) is 5.92 Å². The Balaban J connectivity index is 1.47. The highest BCUT2D eigenvalue weighted by Gasteiger charge is 2.35.